The smallest absolute Gasteiger partial charge is 0.536 e. The van der Waals surface area contributed by atoms with Gasteiger partial charge in [-0.3, -0.25) is 0 Å². The van der Waals surface area contributed by atoms with Gasteiger partial charge in [-0.05, 0) is 225 Å². The summed E-state index contributed by atoms with van der Waals surface area (Å²) in [7, 11) is -5.08. The number of hydrogen-bond donors (Lipinski definition) is 1. The van der Waals surface area contributed by atoms with Crippen molar-refractivity contribution in [1.82, 2.24) is 0 Å². The van der Waals surface area contributed by atoms with E-state index in [0.29, 0.717) is 11.3 Å². The molecule has 0 saturated heterocycles. The molecule has 0 aliphatic heterocycles. The minimum absolute atomic E-state index is 0. The van der Waals surface area contributed by atoms with Gasteiger partial charge in [0, 0.05) is 35.6 Å². The first-order valence-electron chi connectivity index (χ1n) is 38.5. The highest BCUT2D eigenvalue weighted by molar-refractivity contribution is 7.88. The molecule has 0 unspecified atom stereocenters. The third kappa shape index (κ3) is 15.3. The molecule has 16 aromatic carbocycles. The number of benzene rings is 16. The molecular weight excluding hydrogens is 1480 g/mol. The average Bonchev–Trinajstić information content (AvgIpc) is 1.31. The molecule has 20 rings (SSSR count). The van der Waals surface area contributed by atoms with Crippen LogP contribution in [0, 0.1) is 13.8 Å². The van der Waals surface area contributed by atoms with Crippen LogP contribution in [0.5, 0.6) is 11.5 Å². The van der Waals surface area contributed by atoms with E-state index in [9.17, 15) is 21.6 Å². The number of thiophene rings is 2. The second kappa shape index (κ2) is 33.2. The van der Waals surface area contributed by atoms with Gasteiger partial charge in [0.25, 0.3) is 0 Å². The van der Waals surface area contributed by atoms with Crippen molar-refractivity contribution in [1.29, 1.82) is 0 Å². The Labute approximate surface area is 668 Å². The minimum atomic E-state index is -5.74. The first-order valence-corrected chi connectivity index (χ1v) is 43.0. The van der Waals surface area contributed by atoms with E-state index in [-0.39, 0.29) is 15.3 Å². The minimum Gasteiger partial charge on any atom is -0.536 e. The van der Waals surface area contributed by atoms with Gasteiger partial charge in [0.15, 0.2) is 0 Å². The van der Waals surface area contributed by atoms with E-state index in [1.54, 1.807) is 28.3 Å². The molecule has 2 aromatic heterocycles. The van der Waals surface area contributed by atoms with Crippen molar-refractivity contribution >= 4 is 159 Å². The Kier molecular flexibility index (Phi) is 22.4. The first-order chi connectivity index (χ1) is 54.7. The molecule has 1 radical (unpaired) electrons. The SMILES string of the molecule is C.Cc1cccc(C)c1-c1ccccc1P(C1CCCCC1)C1CCCCC1.O=S(=O)(Oc1cccc(-c2ccc3c4ccccc4c4ccccc4c3c2)c1)C(F)(F)F.O[B]Oc1cccc2c1sc1ccccc12.c1cc(-c2ccc3c4ccccc4c4ccccc4c3c2)cc(-c2cccc3c2sc2ccccc23)c1. The molecule has 0 atom stereocenters. The molecule has 0 amide bonds. The molecule has 2 aliphatic rings. The van der Waals surface area contributed by atoms with Gasteiger partial charge in [0.05, 0.1) is 4.70 Å². The second-order valence-corrected chi connectivity index (χ2v) is 35.7. The number of fused-ring (bicyclic) bond motifs is 18. The van der Waals surface area contributed by atoms with Crippen molar-refractivity contribution in [2.75, 3.05) is 0 Å². The van der Waals surface area contributed by atoms with Crippen molar-refractivity contribution in [3.05, 3.63) is 321 Å². The molecule has 2 saturated carbocycles. The standard InChI is InChI=1S/C36H22S.C26H35P.C25H15F3O3S.C12H8BO2S.CH4/c1-2-13-29-27(11-1)28-12-3-4-14-30(28)34-22-24(19-20-31(29)34)23-9-7-10-25(21-23)26-16-8-17-33-32-15-5-6-18-35(32)37-36(26)33;1-20-12-11-13-21(2)26(20)24-18-9-10-19-25(24)27(22-14-5-3-6-15-22)23-16-7-4-8-17-23;26-25(27,28)32(29,30)31-18-7-5-6-16(14-18)17-12-13-23-21-10-2-1-8-19(21)20-9-3-4-11-22(20)24(23)15-17;14-13-15-10-6-3-5-9-8-4-1-2-7-11(8)16-12(9)10;/h1-22H;9-13,18-19,22-23H,3-8,14-17H2,1-2H3;1-15H;1-7,14H;1H4. The summed E-state index contributed by atoms with van der Waals surface area (Å²) in [5.41, 5.74) is 8.68. The quantitative estimate of drug-likeness (QED) is 0.0459. The Morgan fingerprint density at radius 2 is 0.743 bits per heavy atom. The van der Waals surface area contributed by atoms with Gasteiger partial charge in [-0.25, -0.2) is 0 Å². The van der Waals surface area contributed by atoms with Crippen LogP contribution in [0.2, 0.25) is 0 Å². The molecule has 113 heavy (non-hydrogen) atoms. The van der Waals surface area contributed by atoms with E-state index in [1.165, 1.54) is 189 Å². The van der Waals surface area contributed by atoms with Crippen molar-refractivity contribution < 1.29 is 35.5 Å². The van der Waals surface area contributed by atoms with Crippen LogP contribution in [-0.4, -0.2) is 38.0 Å². The van der Waals surface area contributed by atoms with Crippen molar-refractivity contribution in [3.63, 3.8) is 0 Å². The Bertz CT molecular complexity index is 6570. The van der Waals surface area contributed by atoms with Gasteiger partial charge in [-0.1, -0.05) is 315 Å². The van der Waals surface area contributed by atoms with Crippen LogP contribution in [-0.2, 0) is 10.1 Å². The molecular formula is C100H84BF3O5PS3. The van der Waals surface area contributed by atoms with Crippen LogP contribution in [0.4, 0.5) is 13.2 Å². The summed E-state index contributed by atoms with van der Waals surface area (Å²) in [5, 5.41) is 29.8. The molecule has 2 aliphatic carbocycles. The molecule has 2 heterocycles. The lowest BCUT2D eigenvalue weighted by Crippen LogP contribution is -2.28. The lowest BCUT2D eigenvalue weighted by Gasteiger charge is -2.39. The highest BCUT2D eigenvalue weighted by Crippen LogP contribution is 2.57. The summed E-state index contributed by atoms with van der Waals surface area (Å²) < 4.78 is 75.1. The van der Waals surface area contributed by atoms with Crippen LogP contribution in [0.1, 0.15) is 82.8 Å². The fourth-order valence-electron chi connectivity index (χ4n) is 17.3. The number of rotatable bonds is 11. The monoisotopic (exact) mass is 1560 g/mol. The van der Waals surface area contributed by atoms with Crippen LogP contribution in [0.15, 0.2) is 309 Å². The first kappa shape index (κ1) is 76.3. The van der Waals surface area contributed by atoms with Gasteiger partial charge in [-0.15, -0.1) is 22.7 Å². The molecule has 18 aromatic rings. The molecule has 0 bridgehead atoms. The summed E-state index contributed by atoms with van der Waals surface area (Å²) in [5.74, 6) is 0.296. The third-order valence-electron chi connectivity index (χ3n) is 22.5. The van der Waals surface area contributed by atoms with E-state index < -0.39 is 21.4 Å². The Morgan fingerprint density at radius 1 is 0.372 bits per heavy atom. The zero-order valence-electron chi connectivity index (χ0n) is 62.1. The normalized spacial score (nSPS) is 13.6. The summed E-state index contributed by atoms with van der Waals surface area (Å²) in [6, 6.07) is 107. The Hall–Kier alpha value is -10.7. The van der Waals surface area contributed by atoms with Gasteiger partial charge >= 0.3 is 23.3 Å². The van der Waals surface area contributed by atoms with Crippen LogP contribution in [0.3, 0.4) is 0 Å². The zero-order chi connectivity index (χ0) is 76.5. The topological polar surface area (TPSA) is 72.8 Å². The molecule has 2 fully saturated rings. The molecule has 561 valence electrons. The summed E-state index contributed by atoms with van der Waals surface area (Å²) in [4.78, 5) is 0. The van der Waals surface area contributed by atoms with E-state index in [1.807, 2.05) is 84.1 Å². The molecule has 1 N–H and O–H groups in total. The second-order valence-electron chi connectivity index (χ2n) is 29.3. The number of aryl methyl sites for hydroxylation is 2. The van der Waals surface area contributed by atoms with E-state index in [2.05, 4.69) is 230 Å². The predicted octanol–water partition coefficient (Wildman–Crippen LogP) is 29.2. The highest BCUT2D eigenvalue weighted by Gasteiger charge is 2.48. The largest absolute Gasteiger partial charge is 0.569 e. The lowest BCUT2D eigenvalue weighted by atomic mass is 9.91. The van der Waals surface area contributed by atoms with Crippen molar-refractivity contribution in [2.45, 2.75) is 102 Å². The lowest BCUT2D eigenvalue weighted by molar-refractivity contribution is -0.0500. The average molecular weight is 1560 g/mol. The van der Waals surface area contributed by atoms with Crippen molar-refractivity contribution in [2.24, 2.45) is 0 Å². The van der Waals surface area contributed by atoms with Crippen LogP contribution >= 0.6 is 30.6 Å². The Morgan fingerprint density at radius 3 is 1.25 bits per heavy atom. The fraction of sp³-hybridized carbons (Fsp3) is 0.160. The molecule has 5 nitrogen and oxygen atoms in total. The number of halogens is 3. The maximum atomic E-state index is 12.7. The van der Waals surface area contributed by atoms with Crippen LogP contribution in [0.25, 0.3) is 149 Å². The number of hydrogen-bond acceptors (Lipinski definition) is 7. The maximum absolute atomic E-state index is 12.7. The fourth-order valence-corrected chi connectivity index (χ4v) is 24.1. The zero-order valence-corrected chi connectivity index (χ0v) is 65.5. The van der Waals surface area contributed by atoms with Crippen molar-refractivity contribution in [3.8, 4) is 56.0 Å². The van der Waals surface area contributed by atoms with E-state index in [0.717, 1.165) is 61.6 Å². The third-order valence-corrected chi connectivity index (χ3v) is 29.4. The molecule has 0 spiro atoms. The molecule has 13 heteroatoms. The summed E-state index contributed by atoms with van der Waals surface area (Å²) in [6.07, 6.45) is 14.7. The number of alkyl halides is 3. The Balaban J connectivity index is 0.000000117. The van der Waals surface area contributed by atoms with Crippen LogP contribution < -0.4 is 14.1 Å². The van der Waals surface area contributed by atoms with E-state index in [4.69, 9.17) is 9.68 Å². The van der Waals surface area contributed by atoms with Gasteiger partial charge in [-0.2, -0.15) is 21.6 Å². The van der Waals surface area contributed by atoms with Gasteiger partial charge in [0.2, 0.25) is 0 Å². The highest BCUT2D eigenvalue weighted by atomic mass is 32.2. The summed E-state index contributed by atoms with van der Waals surface area (Å²) in [6.45, 7) is 4.59. The van der Waals surface area contributed by atoms with Gasteiger partial charge < -0.3 is 13.9 Å². The van der Waals surface area contributed by atoms with Gasteiger partial charge in [0.1, 0.15) is 11.5 Å². The van der Waals surface area contributed by atoms with E-state index >= 15 is 0 Å². The summed E-state index contributed by atoms with van der Waals surface area (Å²) >= 11 is 3.56. The maximum Gasteiger partial charge on any atom is 0.569 e. The predicted molar refractivity (Wildman–Crippen MR) is 479 cm³/mol.